The zero-order valence-electron chi connectivity index (χ0n) is 15.5. The second kappa shape index (κ2) is 6.99. The van der Waals surface area contributed by atoms with Crippen LogP contribution in [0.3, 0.4) is 0 Å². The van der Waals surface area contributed by atoms with E-state index in [1.54, 1.807) is 0 Å². The Hall–Kier alpha value is -2.55. The number of nitrogens with zero attached hydrogens (tertiary/aromatic N) is 1. The van der Waals surface area contributed by atoms with Crippen molar-refractivity contribution >= 4 is 17.2 Å². The lowest BCUT2D eigenvalue weighted by Gasteiger charge is -2.34. The number of rotatable bonds is 4. The molecule has 26 heavy (non-hydrogen) atoms. The van der Waals surface area contributed by atoms with Gasteiger partial charge in [0.15, 0.2) is 0 Å². The Morgan fingerprint density at radius 3 is 2.42 bits per heavy atom. The largest absolute Gasteiger partial charge is 0.371 e. The lowest BCUT2D eigenvalue weighted by Crippen LogP contribution is -2.45. The Morgan fingerprint density at radius 1 is 1.00 bits per heavy atom. The second-order valence-electron chi connectivity index (χ2n) is 7.50. The van der Waals surface area contributed by atoms with Gasteiger partial charge in [0.2, 0.25) is 5.91 Å². The molecule has 1 amide bonds. The molecule has 2 aromatic rings. The molecule has 134 valence electrons. The Morgan fingerprint density at radius 2 is 1.73 bits per heavy atom. The maximum Gasteiger partial charge on any atom is 0.231 e. The first-order valence-electron chi connectivity index (χ1n) is 9.51. The summed E-state index contributed by atoms with van der Waals surface area (Å²) in [6, 6.07) is 19.2. The number of aryl methyl sites for hydroxylation is 1. The number of piperidine rings is 1. The summed E-state index contributed by atoms with van der Waals surface area (Å²) >= 11 is 0. The maximum atomic E-state index is 12.7. The molecule has 0 radical (unpaired) electrons. The summed E-state index contributed by atoms with van der Waals surface area (Å²) in [4.78, 5) is 15.1. The van der Waals surface area contributed by atoms with Gasteiger partial charge in [0.05, 0.1) is 5.92 Å². The highest BCUT2D eigenvalue weighted by Gasteiger charge is 2.40. The standard InChI is InChI=1S/C23H26N2O/c1-16-7-6-10-20(15-16)25-13-11-19(12-14-25)24-23(26)22-17(2)21(22)18-8-4-3-5-9-18/h3-10,15,19,22H,11-14H2,1-2H3,(H,24,26)/t22-/m0/s1. The van der Waals surface area contributed by atoms with E-state index in [4.69, 9.17) is 0 Å². The third-order valence-corrected chi connectivity index (χ3v) is 5.62. The van der Waals surface area contributed by atoms with Crippen LogP contribution in [0.25, 0.3) is 5.57 Å². The van der Waals surface area contributed by atoms with Gasteiger partial charge in [0.1, 0.15) is 0 Å². The van der Waals surface area contributed by atoms with Crippen molar-refractivity contribution in [1.29, 1.82) is 0 Å². The van der Waals surface area contributed by atoms with E-state index in [-0.39, 0.29) is 17.9 Å². The molecular weight excluding hydrogens is 320 g/mol. The van der Waals surface area contributed by atoms with Crippen LogP contribution in [0.2, 0.25) is 0 Å². The number of anilines is 1. The van der Waals surface area contributed by atoms with Gasteiger partial charge in [-0.25, -0.2) is 0 Å². The molecule has 3 nitrogen and oxygen atoms in total. The molecule has 0 aromatic heterocycles. The molecule has 1 heterocycles. The summed E-state index contributed by atoms with van der Waals surface area (Å²) in [7, 11) is 0. The van der Waals surface area contributed by atoms with Crippen LogP contribution < -0.4 is 10.2 Å². The third-order valence-electron chi connectivity index (χ3n) is 5.62. The molecule has 4 rings (SSSR count). The molecule has 0 saturated carbocycles. The van der Waals surface area contributed by atoms with Gasteiger partial charge in [0.25, 0.3) is 0 Å². The van der Waals surface area contributed by atoms with Gasteiger partial charge in [-0.15, -0.1) is 0 Å². The van der Waals surface area contributed by atoms with Crippen LogP contribution in [0, 0.1) is 12.8 Å². The molecule has 0 bridgehead atoms. The first-order valence-corrected chi connectivity index (χ1v) is 9.51. The molecule has 1 aliphatic carbocycles. The van der Waals surface area contributed by atoms with E-state index in [0.717, 1.165) is 25.9 Å². The van der Waals surface area contributed by atoms with E-state index in [0.29, 0.717) is 0 Å². The van der Waals surface area contributed by atoms with E-state index < -0.39 is 0 Å². The number of nitrogens with one attached hydrogen (secondary N) is 1. The monoisotopic (exact) mass is 346 g/mol. The van der Waals surface area contributed by atoms with E-state index in [1.165, 1.54) is 28.0 Å². The first kappa shape index (κ1) is 16.9. The van der Waals surface area contributed by atoms with Crippen LogP contribution in [0.5, 0.6) is 0 Å². The number of hydrogen-bond donors (Lipinski definition) is 1. The number of amides is 1. The lowest BCUT2D eigenvalue weighted by atomic mass is 10.0. The van der Waals surface area contributed by atoms with Crippen LogP contribution in [-0.4, -0.2) is 25.0 Å². The minimum Gasteiger partial charge on any atom is -0.371 e. The first-order chi connectivity index (χ1) is 12.6. The van der Waals surface area contributed by atoms with E-state index in [1.807, 2.05) is 18.2 Å². The number of carbonyl (C=O) groups is 1. The van der Waals surface area contributed by atoms with Crippen LogP contribution in [0.15, 0.2) is 60.2 Å². The van der Waals surface area contributed by atoms with Gasteiger partial charge in [-0.1, -0.05) is 48.0 Å². The average Bonchev–Trinajstić information content (AvgIpc) is 3.34. The fourth-order valence-corrected chi connectivity index (χ4v) is 4.06. The fraction of sp³-hybridized carbons (Fsp3) is 0.348. The second-order valence-corrected chi connectivity index (χ2v) is 7.50. The molecule has 1 aliphatic heterocycles. The Balaban J connectivity index is 1.31. The summed E-state index contributed by atoms with van der Waals surface area (Å²) in [5, 5.41) is 3.29. The quantitative estimate of drug-likeness (QED) is 0.900. The van der Waals surface area contributed by atoms with Gasteiger partial charge in [-0.05, 0) is 55.5 Å². The number of hydrogen-bond acceptors (Lipinski definition) is 2. The molecule has 1 saturated heterocycles. The van der Waals surface area contributed by atoms with Crippen LogP contribution in [0.1, 0.15) is 30.9 Å². The minimum absolute atomic E-state index is 0.0211. The topological polar surface area (TPSA) is 32.3 Å². The molecule has 0 spiro atoms. The van der Waals surface area contributed by atoms with Crippen molar-refractivity contribution < 1.29 is 4.79 Å². The molecule has 1 atom stereocenters. The average molecular weight is 346 g/mol. The smallest absolute Gasteiger partial charge is 0.231 e. The van der Waals surface area contributed by atoms with Gasteiger partial charge in [-0.3, -0.25) is 4.79 Å². The van der Waals surface area contributed by atoms with Crippen molar-refractivity contribution in [3.05, 3.63) is 71.3 Å². The predicted molar refractivity (Wildman–Crippen MR) is 107 cm³/mol. The third kappa shape index (κ3) is 3.39. The Kier molecular flexibility index (Phi) is 4.54. The summed E-state index contributed by atoms with van der Waals surface area (Å²) in [6.07, 6.45) is 2.01. The summed E-state index contributed by atoms with van der Waals surface area (Å²) < 4.78 is 0. The molecule has 2 aromatic carbocycles. The highest BCUT2D eigenvalue weighted by atomic mass is 16.2. The Bertz CT molecular complexity index is 832. The van der Waals surface area contributed by atoms with E-state index in [9.17, 15) is 4.79 Å². The minimum atomic E-state index is -0.0211. The maximum absolute atomic E-state index is 12.7. The summed E-state index contributed by atoms with van der Waals surface area (Å²) in [5.74, 6) is 0.155. The lowest BCUT2D eigenvalue weighted by molar-refractivity contribution is -0.122. The van der Waals surface area contributed by atoms with Crippen molar-refractivity contribution in [2.24, 2.45) is 5.92 Å². The van der Waals surface area contributed by atoms with Crippen LogP contribution in [0.4, 0.5) is 5.69 Å². The molecular formula is C23H26N2O. The number of carbonyl (C=O) groups excluding carboxylic acids is 1. The summed E-state index contributed by atoms with van der Waals surface area (Å²) in [5.41, 5.74) is 6.19. The molecule has 1 N–H and O–H groups in total. The highest BCUT2D eigenvalue weighted by Crippen LogP contribution is 2.46. The van der Waals surface area contributed by atoms with Crippen LogP contribution >= 0.6 is 0 Å². The zero-order chi connectivity index (χ0) is 18.1. The molecule has 3 heteroatoms. The van der Waals surface area contributed by atoms with E-state index >= 15 is 0 Å². The summed E-state index contributed by atoms with van der Waals surface area (Å²) in [6.45, 7) is 6.20. The normalized spacial score (nSPS) is 20.2. The predicted octanol–water partition coefficient (Wildman–Crippen LogP) is 4.18. The van der Waals surface area contributed by atoms with Crippen molar-refractivity contribution in [3.63, 3.8) is 0 Å². The SMILES string of the molecule is CC1=C(c2ccccc2)[C@H]1C(=O)NC1CCN(c2cccc(C)c2)CC1. The Labute approximate surface area is 155 Å². The highest BCUT2D eigenvalue weighted by molar-refractivity contribution is 6.05. The number of benzene rings is 2. The molecule has 0 unspecified atom stereocenters. The molecule has 1 fully saturated rings. The van der Waals surface area contributed by atoms with Crippen molar-refractivity contribution in [2.45, 2.75) is 32.7 Å². The van der Waals surface area contributed by atoms with Crippen LogP contribution in [-0.2, 0) is 4.79 Å². The van der Waals surface area contributed by atoms with Gasteiger partial charge < -0.3 is 10.2 Å². The van der Waals surface area contributed by atoms with Crippen molar-refractivity contribution in [1.82, 2.24) is 5.32 Å². The van der Waals surface area contributed by atoms with Crippen molar-refractivity contribution in [2.75, 3.05) is 18.0 Å². The zero-order valence-corrected chi connectivity index (χ0v) is 15.5. The van der Waals surface area contributed by atoms with Gasteiger partial charge >= 0.3 is 0 Å². The van der Waals surface area contributed by atoms with Gasteiger partial charge in [-0.2, -0.15) is 0 Å². The van der Waals surface area contributed by atoms with Crippen molar-refractivity contribution in [3.8, 4) is 0 Å². The molecule has 2 aliphatic rings. The fourth-order valence-electron chi connectivity index (χ4n) is 4.06. The van der Waals surface area contributed by atoms with Gasteiger partial charge in [0, 0.05) is 24.8 Å². The van der Waals surface area contributed by atoms with E-state index in [2.05, 4.69) is 60.5 Å².